The summed E-state index contributed by atoms with van der Waals surface area (Å²) in [5.74, 6) is 0.328. The molecular weight excluding hydrogens is 220 g/mol. The van der Waals surface area contributed by atoms with Crippen LogP contribution >= 0.6 is 0 Å². The third-order valence-corrected chi connectivity index (χ3v) is 2.70. The first kappa shape index (κ1) is 11.4. The van der Waals surface area contributed by atoms with Crippen molar-refractivity contribution in [3.8, 4) is 5.75 Å². The van der Waals surface area contributed by atoms with E-state index in [1.165, 1.54) is 6.07 Å². The number of rotatable bonds is 2. The average molecular weight is 234 g/mol. The Balaban J connectivity index is 2.61. The molecule has 0 unspecified atom stereocenters. The van der Waals surface area contributed by atoms with Gasteiger partial charge in [0.25, 0.3) is 0 Å². The Kier molecular flexibility index (Phi) is 2.75. The highest BCUT2D eigenvalue weighted by molar-refractivity contribution is 5.96. The summed E-state index contributed by atoms with van der Waals surface area (Å²) in [6, 6.07) is 3.06. The third kappa shape index (κ3) is 1.84. The van der Waals surface area contributed by atoms with Crippen molar-refractivity contribution in [2.75, 3.05) is 6.61 Å². The molecule has 0 aliphatic carbocycles. The molecule has 1 N–H and O–H groups in total. The lowest BCUT2D eigenvalue weighted by atomic mass is 10.2. The number of imidazole rings is 1. The SMILES string of the molecule is CCOC(=O)c1cc(O)c2nc(C)n(C)c2c1. The maximum atomic E-state index is 11.6. The summed E-state index contributed by atoms with van der Waals surface area (Å²) in [4.78, 5) is 15.8. The zero-order chi connectivity index (χ0) is 12.6. The lowest BCUT2D eigenvalue weighted by Gasteiger charge is -2.04. The molecule has 0 aliphatic rings. The molecule has 0 aliphatic heterocycles. The van der Waals surface area contributed by atoms with Gasteiger partial charge < -0.3 is 14.4 Å². The van der Waals surface area contributed by atoms with Gasteiger partial charge in [0.15, 0.2) is 0 Å². The predicted octanol–water partition coefficient (Wildman–Crippen LogP) is 1.76. The number of ether oxygens (including phenoxy) is 1. The Morgan fingerprint density at radius 3 is 2.88 bits per heavy atom. The van der Waals surface area contributed by atoms with E-state index in [1.807, 2.05) is 18.5 Å². The van der Waals surface area contributed by atoms with Crippen molar-refractivity contribution in [3.05, 3.63) is 23.5 Å². The summed E-state index contributed by atoms with van der Waals surface area (Å²) >= 11 is 0. The third-order valence-electron chi connectivity index (χ3n) is 2.70. The van der Waals surface area contributed by atoms with E-state index in [0.717, 1.165) is 5.82 Å². The van der Waals surface area contributed by atoms with Gasteiger partial charge in [-0.05, 0) is 26.0 Å². The summed E-state index contributed by atoms with van der Waals surface area (Å²) in [6.07, 6.45) is 0. The molecule has 0 saturated heterocycles. The topological polar surface area (TPSA) is 64.3 Å². The van der Waals surface area contributed by atoms with Gasteiger partial charge in [-0.2, -0.15) is 0 Å². The number of hydrogen-bond donors (Lipinski definition) is 1. The summed E-state index contributed by atoms with van der Waals surface area (Å²) in [6.45, 7) is 3.88. The Hall–Kier alpha value is -2.04. The molecule has 0 atom stereocenters. The van der Waals surface area contributed by atoms with E-state index in [0.29, 0.717) is 23.2 Å². The minimum absolute atomic E-state index is 0.00532. The number of carbonyl (C=O) groups is 1. The van der Waals surface area contributed by atoms with E-state index < -0.39 is 5.97 Å². The van der Waals surface area contributed by atoms with Crippen LogP contribution in [0.2, 0.25) is 0 Å². The number of esters is 1. The number of hydrogen-bond acceptors (Lipinski definition) is 4. The highest BCUT2D eigenvalue weighted by atomic mass is 16.5. The lowest BCUT2D eigenvalue weighted by molar-refractivity contribution is 0.0526. The second-order valence-corrected chi connectivity index (χ2v) is 3.80. The standard InChI is InChI=1S/C12H14N2O3/c1-4-17-12(16)8-5-9-11(10(15)6-8)13-7(2)14(9)3/h5-6,15H,4H2,1-3H3. The number of nitrogens with zero attached hydrogens (tertiary/aromatic N) is 2. The summed E-state index contributed by atoms with van der Waals surface area (Å²) in [5, 5.41) is 9.82. The van der Waals surface area contributed by atoms with Gasteiger partial charge in [-0.15, -0.1) is 0 Å². The first-order valence-electron chi connectivity index (χ1n) is 5.37. The molecule has 17 heavy (non-hydrogen) atoms. The minimum Gasteiger partial charge on any atom is -0.506 e. The van der Waals surface area contributed by atoms with Crippen LogP contribution in [0.3, 0.4) is 0 Å². The van der Waals surface area contributed by atoms with Crippen LogP contribution < -0.4 is 0 Å². The number of phenolic OH excluding ortho intramolecular Hbond substituents is 1. The van der Waals surface area contributed by atoms with Crippen LogP contribution in [-0.2, 0) is 11.8 Å². The Morgan fingerprint density at radius 1 is 1.53 bits per heavy atom. The zero-order valence-electron chi connectivity index (χ0n) is 10.0. The van der Waals surface area contributed by atoms with E-state index in [-0.39, 0.29) is 5.75 Å². The van der Waals surface area contributed by atoms with E-state index in [1.54, 1.807) is 13.0 Å². The molecule has 5 heteroatoms. The summed E-state index contributed by atoms with van der Waals surface area (Å²) in [5.41, 5.74) is 1.54. The fourth-order valence-electron chi connectivity index (χ4n) is 1.72. The van der Waals surface area contributed by atoms with Crippen LogP contribution in [0.25, 0.3) is 11.0 Å². The van der Waals surface area contributed by atoms with Crippen molar-refractivity contribution in [1.82, 2.24) is 9.55 Å². The van der Waals surface area contributed by atoms with Gasteiger partial charge in [-0.3, -0.25) is 0 Å². The largest absolute Gasteiger partial charge is 0.506 e. The molecule has 1 aromatic carbocycles. The van der Waals surface area contributed by atoms with E-state index in [9.17, 15) is 9.90 Å². The maximum absolute atomic E-state index is 11.6. The zero-order valence-corrected chi connectivity index (χ0v) is 10.0. The van der Waals surface area contributed by atoms with Crippen LogP contribution in [0.15, 0.2) is 12.1 Å². The molecule has 1 aromatic heterocycles. The molecule has 0 amide bonds. The van der Waals surface area contributed by atoms with Gasteiger partial charge in [0.2, 0.25) is 0 Å². The molecule has 0 bridgehead atoms. The van der Waals surface area contributed by atoms with Gasteiger partial charge in [0, 0.05) is 7.05 Å². The lowest BCUT2D eigenvalue weighted by Crippen LogP contribution is -2.04. The van der Waals surface area contributed by atoms with Crippen LogP contribution in [0.4, 0.5) is 0 Å². The van der Waals surface area contributed by atoms with Gasteiger partial charge in [0.1, 0.15) is 17.1 Å². The minimum atomic E-state index is -0.441. The number of aryl methyl sites for hydroxylation is 2. The number of benzene rings is 1. The van der Waals surface area contributed by atoms with E-state index >= 15 is 0 Å². The first-order valence-corrected chi connectivity index (χ1v) is 5.37. The fraction of sp³-hybridized carbons (Fsp3) is 0.333. The molecule has 5 nitrogen and oxygen atoms in total. The molecule has 2 rings (SSSR count). The normalized spacial score (nSPS) is 10.8. The van der Waals surface area contributed by atoms with Crippen LogP contribution in [-0.4, -0.2) is 27.2 Å². The van der Waals surface area contributed by atoms with Crippen molar-refractivity contribution in [3.63, 3.8) is 0 Å². The van der Waals surface area contributed by atoms with E-state index in [2.05, 4.69) is 4.98 Å². The molecule has 1 heterocycles. The summed E-state index contributed by atoms with van der Waals surface area (Å²) < 4.78 is 6.72. The smallest absolute Gasteiger partial charge is 0.338 e. The number of carbonyl (C=O) groups excluding carboxylic acids is 1. The Morgan fingerprint density at radius 2 is 2.24 bits per heavy atom. The molecule has 0 spiro atoms. The molecule has 90 valence electrons. The highest BCUT2D eigenvalue weighted by Crippen LogP contribution is 2.26. The predicted molar refractivity (Wildman–Crippen MR) is 63.1 cm³/mol. The fourth-order valence-corrected chi connectivity index (χ4v) is 1.72. The molecular formula is C12H14N2O3. The molecule has 0 radical (unpaired) electrons. The van der Waals surface area contributed by atoms with Crippen molar-refractivity contribution >= 4 is 17.0 Å². The second kappa shape index (κ2) is 4.08. The van der Waals surface area contributed by atoms with Gasteiger partial charge in [0.05, 0.1) is 17.7 Å². The van der Waals surface area contributed by atoms with Crippen LogP contribution in [0.5, 0.6) is 5.75 Å². The molecule has 0 fully saturated rings. The second-order valence-electron chi connectivity index (χ2n) is 3.80. The van der Waals surface area contributed by atoms with Crippen molar-refractivity contribution in [2.24, 2.45) is 7.05 Å². The van der Waals surface area contributed by atoms with Gasteiger partial charge in [-0.1, -0.05) is 0 Å². The maximum Gasteiger partial charge on any atom is 0.338 e. The van der Waals surface area contributed by atoms with Crippen LogP contribution in [0.1, 0.15) is 23.1 Å². The van der Waals surface area contributed by atoms with Gasteiger partial charge in [-0.25, -0.2) is 9.78 Å². The highest BCUT2D eigenvalue weighted by Gasteiger charge is 2.14. The number of aromatic hydroxyl groups is 1. The van der Waals surface area contributed by atoms with Crippen LogP contribution in [0, 0.1) is 6.92 Å². The summed E-state index contributed by atoms with van der Waals surface area (Å²) in [7, 11) is 1.83. The Labute approximate surface area is 98.6 Å². The first-order chi connectivity index (χ1) is 8.04. The van der Waals surface area contributed by atoms with E-state index in [4.69, 9.17) is 4.74 Å². The van der Waals surface area contributed by atoms with Crippen molar-refractivity contribution in [2.45, 2.75) is 13.8 Å². The van der Waals surface area contributed by atoms with Crippen molar-refractivity contribution < 1.29 is 14.6 Å². The quantitative estimate of drug-likeness (QED) is 0.804. The Bertz CT molecular complexity index is 587. The number of aromatic nitrogens is 2. The molecule has 0 saturated carbocycles. The van der Waals surface area contributed by atoms with Gasteiger partial charge >= 0.3 is 5.97 Å². The average Bonchev–Trinajstić information content (AvgIpc) is 2.57. The monoisotopic (exact) mass is 234 g/mol. The number of phenols is 1. The molecule has 2 aromatic rings. The van der Waals surface area contributed by atoms with Crippen molar-refractivity contribution in [1.29, 1.82) is 0 Å². The number of fused-ring (bicyclic) bond motifs is 1.